The van der Waals surface area contributed by atoms with E-state index in [1.165, 1.54) is 5.56 Å². The van der Waals surface area contributed by atoms with Crippen LogP contribution >= 0.6 is 0 Å². The third kappa shape index (κ3) is 5.55. The fourth-order valence-electron chi connectivity index (χ4n) is 2.80. The molecule has 27 heavy (non-hydrogen) atoms. The summed E-state index contributed by atoms with van der Waals surface area (Å²) in [7, 11) is 0. The Morgan fingerprint density at radius 3 is 2.74 bits per heavy atom. The number of carbonyl (C=O) groups is 1. The maximum Gasteiger partial charge on any atom is 0.319 e. The number of nitrogens with zero attached hydrogens (tertiary/aromatic N) is 3. The van der Waals surface area contributed by atoms with Crippen LogP contribution in [0.25, 0.3) is 0 Å². The van der Waals surface area contributed by atoms with Crippen LogP contribution in [-0.2, 0) is 4.74 Å². The molecule has 0 bridgehead atoms. The molecule has 2 heterocycles. The number of amides is 2. The average Bonchev–Trinajstić information content (AvgIpc) is 2.69. The Morgan fingerprint density at radius 1 is 1.15 bits per heavy atom. The molecule has 3 rings (SSSR count). The summed E-state index contributed by atoms with van der Waals surface area (Å²) in [5.74, 6) is 0.690. The minimum absolute atomic E-state index is 0.229. The van der Waals surface area contributed by atoms with Gasteiger partial charge >= 0.3 is 6.03 Å². The van der Waals surface area contributed by atoms with Crippen LogP contribution in [0, 0.1) is 13.8 Å². The van der Waals surface area contributed by atoms with Crippen molar-refractivity contribution in [2.45, 2.75) is 13.8 Å². The van der Waals surface area contributed by atoms with Gasteiger partial charge in [0, 0.05) is 37.9 Å². The lowest BCUT2D eigenvalue weighted by Gasteiger charge is -2.28. The Morgan fingerprint density at radius 2 is 1.96 bits per heavy atom. The Labute approximate surface area is 159 Å². The molecule has 0 atom stereocenters. The van der Waals surface area contributed by atoms with Crippen LogP contribution in [0.3, 0.4) is 0 Å². The van der Waals surface area contributed by atoms with E-state index in [0.29, 0.717) is 18.9 Å². The highest BCUT2D eigenvalue weighted by Crippen LogP contribution is 2.17. The quantitative estimate of drug-likeness (QED) is 0.675. The Kier molecular flexibility index (Phi) is 6.43. The van der Waals surface area contributed by atoms with Crippen LogP contribution in [-0.4, -0.2) is 55.6 Å². The first-order valence-corrected chi connectivity index (χ1v) is 9.13. The zero-order chi connectivity index (χ0) is 19.1. The second-order valence-corrected chi connectivity index (χ2v) is 6.51. The fraction of sp³-hybridized carbons (Fsp3) is 0.421. The lowest BCUT2D eigenvalue weighted by atomic mass is 10.1. The second kappa shape index (κ2) is 9.18. The number of urea groups is 1. The molecule has 0 unspecified atom stereocenters. The van der Waals surface area contributed by atoms with Crippen molar-refractivity contribution in [2.75, 3.05) is 54.9 Å². The van der Waals surface area contributed by atoms with Gasteiger partial charge in [-0.1, -0.05) is 6.07 Å². The molecule has 8 heteroatoms. The molecule has 1 fully saturated rings. The van der Waals surface area contributed by atoms with Crippen molar-refractivity contribution in [3.05, 3.63) is 41.6 Å². The number of hydrogen-bond donors (Lipinski definition) is 3. The number of benzene rings is 1. The van der Waals surface area contributed by atoms with Crippen LogP contribution in [0.4, 0.5) is 22.0 Å². The van der Waals surface area contributed by atoms with Crippen molar-refractivity contribution in [2.24, 2.45) is 0 Å². The van der Waals surface area contributed by atoms with Crippen molar-refractivity contribution < 1.29 is 9.53 Å². The van der Waals surface area contributed by atoms with Crippen LogP contribution in [0.15, 0.2) is 30.5 Å². The van der Waals surface area contributed by atoms with Crippen LogP contribution in [0.2, 0.25) is 0 Å². The van der Waals surface area contributed by atoms with Crippen LogP contribution < -0.4 is 20.9 Å². The summed E-state index contributed by atoms with van der Waals surface area (Å²) < 4.78 is 5.37. The molecule has 1 aromatic heterocycles. The second-order valence-electron chi connectivity index (χ2n) is 6.51. The molecule has 0 radical (unpaired) electrons. The van der Waals surface area contributed by atoms with E-state index in [1.54, 1.807) is 6.20 Å². The maximum atomic E-state index is 12.0. The monoisotopic (exact) mass is 370 g/mol. The van der Waals surface area contributed by atoms with E-state index in [9.17, 15) is 4.79 Å². The van der Waals surface area contributed by atoms with Gasteiger partial charge < -0.3 is 25.6 Å². The van der Waals surface area contributed by atoms with Crippen molar-refractivity contribution in [3.8, 4) is 0 Å². The standard InChI is InChI=1S/C19H26N6O2/c1-14-3-4-16(11-15(14)2)23-19(26)21-6-5-20-18-12-17(13-22-24-18)25-7-9-27-10-8-25/h3-4,11-13H,5-10H2,1-2H3,(H,20,24)(H2,21,23,26). The Balaban J connectivity index is 1.41. The summed E-state index contributed by atoms with van der Waals surface area (Å²) in [6, 6.07) is 7.58. The molecule has 1 saturated heterocycles. The first-order valence-electron chi connectivity index (χ1n) is 9.13. The van der Waals surface area contributed by atoms with Gasteiger partial charge in [0.15, 0.2) is 5.82 Å². The molecular weight excluding hydrogens is 344 g/mol. The van der Waals surface area contributed by atoms with Gasteiger partial charge in [-0.15, -0.1) is 5.10 Å². The first-order chi connectivity index (χ1) is 13.1. The zero-order valence-electron chi connectivity index (χ0n) is 15.8. The van der Waals surface area contributed by atoms with Crippen molar-refractivity contribution >= 4 is 23.2 Å². The van der Waals surface area contributed by atoms with Crippen LogP contribution in [0.1, 0.15) is 11.1 Å². The lowest BCUT2D eigenvalue weighted by Crippen LogP contribution is -2.36. The molecule has 2 amide bonds. The molecule has 0 spiro atoms. The normalized spacial score (nSPS) is 13.9. The third-order valence-electron chi connectivity index (χ3n) is 4.50. The molecule has 0 saturated carbocycles. The molecule has 8 nitrogen and oxygen atoms in total. The van der Waals surface area contributed by atoms with E-state index in [0.717, 1.165) is 43.2 Å². The van der Waals surface area contributed by atoms with Crippen LogP contribution in [0.5, 0.6) is 0 Å². The highest BCUT2D eigenvalue weighted by atomic mass is 16.5. The summed E-state index contributed by atoms with van der Waals surface area (Å²) in [4.78, 5) is 14.2. The molecule has 0 aliphatic carbocycles. The van der Waals surface area contributed by atoms with Gasteiger partial charge in [0.2, 0.25) is 0 Å². The predicted molar refractivity (Wildman–Crippen MR) is 106 cm³/mol. The van der Waals surface area contributed by atoms with Gasteiger partial charge in [-0.05, 0) is 37.1 Å². The minimum Gasteiger partial charge on any atom is -0.378 e. The largest absolute Gasteiger partial charge is 0.378 e. The SMILES string of the molecule is Cc1ccc(NC(=O)NCCNc2cc(N3CCOCC3)cnn2)cc1C. The van der Waals surface area contributed by atoms with E-state index in [4.69, 9.17) is 4.74 Å². The number of morpholine rings is 1. The molecule has 2 aromatic rings. The lowest BCUT2D eigenvalue weighted by molar-refractivity contribution is 0.122. The van der Waals surface area contributed by atoms with Gasteiger partial charge in [-0.25, -0.2) is 4.79 Å². The van der Waals surface area contributed by atoms with E-state index >= 15 is 0 Å². The predicted octanol–water partition coefficient (Wildman–Crippen LogP) is 2.16. The Hall–Kier alpha value is -2.87. The first kappa shape index (κ1) is 18.9. The van der Waals surface area contributed by atoms with E-state index < -0.39 is 0 Å². The van der Waals surface area contributed by atoms with E-state index in [-0.39, 0.29) is 6.03 Å². The summed E-state index contributed by atoms with van der Waals surface area (Å²) >= 11 is 0. The number of ether oxygens (including phenoxy) is 1. The average molecular weight is 370 g/mol. The fourth-order valence-corrected chi connectivity index (χ4v) is 2.80. The highest BCUT2D eigenvalue weighted by Gasteiger charge is 2.12. The topological polar surface area (TPSA) is 91.4 Å². The summed E-state index contributed by atoms with van der Waals surface area (Å²) in [6.07, 6.45) is 1.76. The molecular formula is C19H26N6O2. The number of aromatic nitrogens is 2. The van der Waals surface area contributed by atoms with Crippen molar-refractivity contribution in [1.29, 1.82) is 0 Å². The smallest absolute Gasteiger partial charge is 0.319 e. The zero-order valence-corrected chi connectivity index (χ0v) is 15.8. The molecule has 1 aliphatic rings. The molecule has 1 aliphatic heterocycles. The maximum absolute atomic E-state index is 12.0. The summed E-state index contributed by atoms with van der Waals surface area (Å²) in [5.41, 5.74) is 4.16. The Bertz CT molecular complexity index is 777. The van der Waals surface area contributed by atoms with Gasteiger partial charge in [0.25, 0.3) is 0 Å². The van der Waals surface area contributed by atoms with Crippen molar-refractivity contribution in [1.82, 2.24) is 15.5 Å². The summed E-state index contributed by atoms with van der Waals surface area (Å²) in [5, 5.41) is 17.0. The number of anilines is 3. The number of rotatable bonds is 6. The third-order valence-corrected chi connectivity index (χ3v) is 4.50. The van der Waals surface area contributed by atoms with E-state index in [1.807, 2.05) is 38.1 Å². The van der Waals surface area contributed by atoms with Gasteiger partial charge in [0.05, 0.1) is 25.1 Å². The van der Waals surface area contributed by atoms with Gasteiger partial charge in [-0.3, -0.25) is 0 Å². The summed E-state index contributed by atoms with van der Waals surface area (Å²) in [6.45, 7) is 8.25. The molecule has 1 aromatic carbocycles. The molecule has 144 valence electrons. The van der Waals surface area contributed by atoms with Crippen molar-refractivity contribution in [3.63, 3.8) is 0 Å². The number of nitrogens with one attached hydrogen (secondary N) is 3. The number of carbonyl (C=O) groups excluding carboxylic acids is 1. The van der Waals surface area contributed by atoms with Gasteiger partial charge in [-0.2, -0.15) is 5.10 Å². The highest BCUT2D eigenvalue weighted by molar-refractivity contribution is 5.89. The number of hydrogen-bond acceptors (Lipinski definition) is 6. The van der Waals surface area contributed by atoms with Gasteiger partial charge in [0.1, 0.15) is 0 Å². The molecule has 3 N–H and O–H groups in total. The van der Waals surface area contributed by atoms with E-state index in [2.05, 4.69) is 31.0 Å². The number of aryl methyl sites for hydroxylation is 2. The minimum atomic E-state index is -0.229.